The number of rotatable bonds is 4. The van der Waals surface area contributed by atoms with Crippen molar-refractivity contribution in [1.29, 1.82) is 0 Å². The number of halogens is 1. The summed E-state index contributed by atoms with van der Waals surface area (Å²) in [5, 5.41) is 8.76. The molecule has 0 saturated heterocycles. The van der Waals surface area contributed by atoms with Crippen LogP contribution in [-0.4, -0.2) is 15.7 Å². The molecule has 0 radical (unpaired) electrons. The van der Waals surface area contributed by atoms with Crippen LogP contribution in [0, 0.1) is 12.7 Å². The van der Waals surface area contributed by atoms with Gasteiger partial charge in [-0.3, -0.25) is 9.59 Å². The third-order valence-electron chi connectivity index (χ3n) is 3.72. The number of benzene rings is 1. The summed E-state index contributed by atoms with van der Waals surface area (Å²) in [5.41, 5.74) is -0.142. The van der Waals surface area contributed by atoms with Gasteiger partial charge in [0.2, 0.25) is 5.43 Å². The summed E-state index contributed by atoms with van der Waals surface area (Å²) in [7, 11) is 0. The quantitative estimate of drug-likeness (QED) is 0.780. The molecule has 128 valence electrons. The molecule has 0 bridgehead atoms. The molecule has 1 aromatic carbocycles. The number of para-hydroxylation sites is 1. The Kier molecular flexibility index (Phi) is 4.76. The number of hydrogen-bond acceptors (Lipinski definition) is 4. The van der Waals surface area contributed by atoms with E-state index in [0.717, 1.165) is 4.88 Å². The lowest BCUT2D eigenvalue weighted by Crippen LogP contribution is -2.33. The molecule has 2 heterocycles. The molecule has 0 aliphatic carbocycles. The molecule has 0 spiro atoms. The molecule has 1 amide bonds. The normalized spacial score (nSPS) is 12.0. The molecular formula is C18H16FN3O2S. The molecule has 0 aliphatic heterocycles. The third kappa shape index (κ3) is 3.51. The van der Waals surface area contributed by atoms with Crippen LogP contribution in [0.4, 0.5) is 4.39 Å². The van der Waals surface area contributed by atoms with Crippen molar-refractivity contribution < 1.29 is 9.18 Å². The van der Waals surface area contributed by atoms with Crippen LogP contribution >= 0.6 is 11.3 Å². The molecule has 5 nitrogen and oxygen atoms in total. The highest BCUT2D eigenvalue weighted by atomic mass is 32.1. The fourth-order valence-corrected chi connectivity index (χ4v) is 3.18. The Hall–Kier alpha value is -2.80. The van der Waals surface area contributed by atoms with Gasteiger partial charge >= 0.3 is 0 Å². The number of nitrogens with zero attached hydrogens (tertiary/aromatic N) is 2. The molecular weight excluding hydrogens is 341 g/mol. The van der Waals surface area contributed by atoms with Crippen LogP contribution < -0.4 is 10.7 Å². The van der Waals surface area contributed by atoms with Crippen molar-refractivity contribution in [1.82, 2.24) is 15.1 Å². The maximum absolute atomic E-state index is 14.0. The Morgan fingerprint density at radius 3 is 2.72 bits per heavy atom. The Labute approximate surface area is 147 Å². The highest BCUT2D eigenvalue weighted by Crippen LogP contribution is 2.18. The molecule has 3 aromatic rings. The van der Waals surface area contributed by atoms with E-state index in [1.165, 1.54) is 34.2 Å². The monoisotopic (exact) mass is 357 g/mol. The van der Waals surface area contributed by atoms with E-state index in [9.17, 15) is 14.0 Å². The maximum atomic E-state index is 14.0. The average molecular weight is 357 g/mol. The van der Waals surface area contributed by atoms with Crippen molar-refractivity contribution >= 4 is 17.2 Å². The van der Waals surface area contributed by atoms with Crippen molar-refractivity contribution in [2.75, 3.05) is 0 Å². The summed E-state index contributed by atoms with van der Waals surface area (Å²) in [5.74, 6) is -1.07. The molecule has 1 N–H and O–H groups in total. The first-order valence-electron chi connectivity index (χ1n) is 7.67. The zero-order valence-electron chi connectivity index (χ0n) is 13.7. The maximum Gasteiger partial charge on any atom is 0.276 e. The minimum absolute atomic E-state index is 0.181. The minimum atomic E-state index is -0.587. The number of aromatic nitrogens is 2. The number of nitrogens with one attached hydrogen (secondary N) is 1. The summed E-state index contributed by atoms with van der Waals surface area (Å²) < 4.78 is 15.3. The second-order valence-corrected chi connectivity index (χ2v) is 6.55. The van der Waals surface area contributed by atoms with Gasteiger partial charge in [0.25, 0.3) is 5.91 Å². The van der Waals surface area contributed by atoms with E-state index in [1.54, 1.807) is 19.1 Å². The van der Waals surface area contributed by atoms with Gasteiger partial charge < -0.3 is 5.32 Å². The molecule has 7 heteroatoms. The van der Waals surface area contributed by atoms with Crippen LogP contribution in [0.5, 0.6) is 0 Å². The van der Waals surface area contributed by atoms with Gasteiger partial charge in [-0.15, -0.1) is 11.3 Å². The Morgan fingerprint density at radius 1 is 1.28 bits per heavy atom. The van der Waals surface area contributed by atoms with Gasteiger partial charge in [0.15, 0.2) is 5.69 Å². The van der Waals surface area contributed by atoms with Gasteiger partial charge in [0.05, 0.1) is 6.04 Å². The fourth-order valence-electron chi connectivity index (χ4n) is 2.45. The van der Waals surface area contributed by atoms with Gasteiger partial charge in [0.1, 0.15) is 11.5 Å². The molecule has 0 aliphatic rings. The molecule has 1 atom stereocenters. The van der Waals surface area contributed by atoms with Crippen LogP contribution in [0.25, 0.3) is 5.69 Å². The predicted molar refractivity (Wildman–Crippen MR) is 94.7 cm³/mol. The van der Waals surface area contributed by atoms with Gasteiger partial charge in [-0.2, -0.15) is 5.10 Å². The van der Waals surface area contributed by atoms with Gasteiger partial charge in [-0.25, -0.2) is 9.07 Å². The zero-order chi connectivity index (χ0) is 18.0. The summed E-state index contributed by atoms with van der Waals surface area (Å²) in [6.45, 7) is 3.46. The van der Waals surface area contributed by atoms with Crippen LogP contribution in [0.1, 0.15) is 34.0 Å². The Morgan fingerprint density at radius 2 is 2.04 bits per heavy atom. The number of carbonyl (C=O) groups excluding carboxylic acids is 1. The van der Waals surface area contributed by atoms with E-state index in [2.05, 4.69) is 10.4 Å². The van der Waals surface area contributed by atoms with Crippen molar-refractivity contribution in [2.24, 2.45) is 0 Å². The van der Waals surface area contributed by atoms with Gasteiger partial charge in [-0.05, 0) is 37.4 Å². The molecule has 3 rings (SSSR count). The van der Waals surface area contributed by atoms with Crippen molar-refractivity contribution in [3.8, 4) is 5.69 Å². The summed E-state index contributed by atoms with van der Waals surface area (Å²) >= 11 is 1.51. The number of carbonyl (C=O) groups is 1. The van der Waals surface area contributed by atoms with Crippen LogP contribution in [0.3, 0.4) is 0 Å². The second-order valence-electron chi connectivity index (χ2n) is 5.57. The standard InChI is InChI=1S/C18H16FN3O2S/c1-11-10-15(23)17(18(24)20-12(2)16-8-5-9-25-16)21-22(11)14-7-4-3-6-13(14)19/h3-10,12H,1-2H3,(H,20,24). The fraction of sp³-hybridized carbons (Fsp3) is 0.167. The first-order chi connectivity index (χ1) is 12.0. The smallest absolute Gasteiger partial charge is 0.276 e. The van der Waals surface area contributed by atoms with Gasteiger partial charge in [0, 0.05) is 16.6 Å². The van der Waals surface area contributed by atoms with Crippen molar-refractivity contribution in [3.63, 3.8) is 0 Å². The zero-order valence-corrected chi connectivity index (χ0v) is 14.5. The lowest BCUT2D eigenvalue weighted by molar-refractivity contribution is 0.0932. The molecule has 0 saturated carbocycles. The van der Waals surface area contributed by atoms with E-state index in [1.807, 2.05) is 24.4 Å². The molecule has 0 fully saturated rings. The van der Waals surface area contributed by atoms with E-state index < -0.39 is 17.2 Å². The Balaban J connectivity index is 1.97. The molecule has 25 heavy (non-hydrogen) atoms. The number of thiophene rings is 1. The largest absolute Gasteiger partial charge is 0.343 e. The number of amides is 1. The molecule has 1 unspecified atom stereocenters. The third-order valence-corrected chi connectivity index (χ3v) is 4.78. The first kappa shape index (κ1) is 17.0. The van der Waals surface area contributed by atoms with Crippen molar-refractivity contribution in [3.05, 3.63) is 80.2 Å². The van der Waals surface area contributed by atoms with Crippen LogP contribution in [0.15, 0.2) is 52.6 Å². The van der Waals surface area contributed by atoms with E-state index in [-0.39, 0.29) is 17.4 Å². The van der Waals surface area contributed by atoms with E-state index in [0.29, 0.717) is 5.69 Å². The van der Waals surface area contributed by atoms with Crippen LogP contribution in [0.2, 0.25) is 0 Å². The highest BCUT2D eigenvalue weighted by Gasteiger charge is 2.19. The second kappa shape index (κ2) is 6.98. The summed E-state index contributed by atoms with van der Waals surface area (Å²) in [4.78, 5) is 25.6. The average Bonchev–Trinajstić information content (AvgIpc) is 3.10. The lowest BCUT2D eigenvalue weighted by Gasteiger charge is -2.14. The topological polar surface area (TPSA) is 64.0 Å². The first-order valence-corrected chi connectivity index (χ1v) is 8.55. The van der Waals surface area contributed by atoms with E-state index in [4.69, 9.17) is 0 Å². The number of hydrogen-bond donors (Lipinski definition) is 1. The van der Waals surface area contributed by atoms with Crippen molar-refractivity contribution in [2.45, 2.75) is 19.9 Å². The number of aryl methyl sites for hydroxylation is 1. The predicted octanol–water partition coefficient (Wildman–Crippen LogP) is 3.23. The van der Waals surface area contributed by atoms with Crippen LogP contribution in [-0.2, 0) is 0 Å². The highest BCUT2D eigenvalue weighted by molar-refractivity contribution is 7.10. The van der Waals surface area contributed by atoms with E-state index >= 15 is 0 Å². The summed E-state index contributed by atoms with van der Waals surface area (Å²) in [6.07, 6.45) is 0. The lowest BCUT2D eigenvalue weighted by atomic mass is 10.2. The minimum Gasteiger partial charge on any atom is -0.343 e. The Bertz CT molecular complexity index is 967. The van der Waals surface area contributed by atoms with Gasteiger partial charge in [-0.1, -0.05) is 18.2 Å². The molecule has 2 aromatic heterocycles. The SMILES string of the molecule is Cc1cc(=O)c(C(=O)NC(C)c2cccs2)nn1-c1ccccc1F. The summed E-state index contributed by atoms with van der Waals surface area (Å²) in [6, 6.07) is 10.9.